The number of benzene rings is 2. The van der Waals surface area contributed by atoms with Crippen LogP contribution < -0.4 is 5.32 Å². The number of nitrogens with zero attached hydrogens (tertiary/aromatic N) is 3. The van der Waals surface area contributed by atoms with Crippen molar-refractivity contribution in [3.05, 3.63) is 76.5 Å². The molecule has 0 radical (unpaired) electrons. The number of hydrogen-bond donors (Lipinski definition) is 1. The second-order valence-corrected chi connectivity index (χ2v) is 8.56. The smallest absolute Gasteiger partial charge is 0.246 e. The minimum atomic E-state index is -0.0771. The first kappa shape index (κ1) is 24.4. The second-order valence-electron chi connectivity index (χ2n) is 8.56. The number of aromatic nitrogens is 1. The Balaban J connectivity index is 0.00000306. The lowest BCUT2D eigenvalue weighted by Crippen LogP contribution is -2.26. The van der Waals surface area contributed by atoms with Gasteiger partial charge in [-0.2, -0.15) is 0 Å². The van der Waals surface area contributed by atoms with Crippen LogP contribution in [0, 0.1) is 13.8 Å². The lowest BCUT2D eigenvalue weighted by molar-refractivity contribution is -0.125. The SMILES string of the molecule is Cc1cccc2c(CN(C)C(=O)C=Cc3cnc4c(c3)CN(C)CC(=O)N4)ccc(C)c12.Cl. The predicted octanol–water partition coefficient (Wildman–Crippen LogP) is 4.33. The number of hydrogen-bond acceptors (Lipinski definition) is 4. The van der Waals surface area contributed by atoms with Crippen LogP contribution in [0.3, 0.4) is 0 Å². The molecule has 0 unspecified atom stereocenters. The monoisotopic (exact) mass is 464 g/mol. The van der Waals surface area contributed by atoms with Crippen LogP contribution in [0.2, 0.25) is 0 Å². The first-order valence-electron chi connectivity index (χ1n) is 10.7. The van der Waals surface area contributed by atoms with E-state index in [4.69, 9.17) is 0 Å². The van der Waals surface area contributed by atoms with Crippen molar-refractivity contribution in [1.82, 2.24) is 14.8 Å². The largest absolute Gasteiger partial charge is 0.338 e. The summed E-state index contributed by atoms with van der Waals surface area (Å²) in [5, 5.41) is 5.27. The molecule has 1 aliphatic rings. The van der Waals surface area contributed by atoms with Gasteiger partial charge in [-0.15, -0.1) is 12.4 Å². The number of amides is 2. The summed E-state index contributed by atoms with van der Waals surface area (Å²) in [6.45, 7) is 5.72. The molecule has 1 N–H and O–H groups in total. The Hall–Kier alpha value is -3.22. The van der Waals surface area contributed by atoms with E-state index >= 15 is 0 Å². The van der Waals surface area contributed by atoms with Gasteiger partial charge in [0.15, 0.2) is 0 Å². The molecule has 0 bridgehead atoms. The zero-order valence-corrected chi connectivity index (χ0v) is 20.2. The van der Waals surface area contributed by atoms with Crippen LogP contribution in [0.1, 0.15) is 27.8 Å². The molecule has 6 nitrogen and oxygen atoms in total. The molecule has 2 heterocycles. The Morgan fingerprint density at radius 2 is 1.94 bits per heavy atom. The third-order valence-electron chi connectivity index (χ3n) is 5.85. The second kappa shape index (κ2) is 10.1. The van der Waals surface area contributed by atoms with Gasteiger partial charge in [0.25, 0.3) is 0 Å². The average molecular weight is 465 g/mol. The summed E-state index contributed by atoms with van der Waals surface area (Å²) in [5.41, 5.74) is 5.37. The van der Waals surface area contributed by atoms with Gasteiger partial charge in [0.1, 0.15) is 5.82 Å². The Labute approximate surface area is 200 Å². The van der Waals surface area contributed by atoms with Crippen molar-refractivity contribution in [3.63, 3.8) is 0 Å². The van der Waals surface area contributed by atoms with E-state index in [9.17, 15) is 9.59 Å². The predicted molar refractivity (Wildman–Crippen MR) is 135 cm³/mol. The summed E-state index contributed by atoms with van der Waals surface area (Å²) < 4.78 is 0. The third-order valence-corrected chi connectivity index (χ3v) is 5.85. The van der Waals surface area contributed by atoms with E-state index in [1.54, 1.807) is 23.2 Å². The number of aryl methyl sites for hydroxylation is 2. The van der Waals surface area contributed by atoms with Crippen molar-refractivity contribution in [2.75, 3.05) is 26.0 Å². The van der Waals surface area contributed by atoms with Crippen LogP contribution >= 0.6 is 12.4 Å². The van der Waals surface area contributed by atoms with Crippen LogP contribution in [0.15, 0.2) is 48.7 Å². The number of carbonyl (C=O) groups excluding carboxylic acids is 2. The standard InChI is InChI=1S/C26H28N4O2.ClH/c1-17-6-5-7-22-20(10-8-18(2)25(17)22)15-30(4)24(32)11-9-19-12-21-14-29(3)16-23(31)28-26(21)27-13-19;/h5-13H,14-16H2,1-4H3,(H,27,28,31);1H. The van der Waals surface area contributed by atoms with Crippen molar-refractivity contribution in [2.24, 2.45) is 0 Å². The molecule has 0 atom stereocenters. The number of rotatable bonds is 4. The van der Waals surface area contributed by atoms with Crippen LogP contribution in [-0.4, -0.2) is 47.2 Å². The van der Waals surface area contributed by atoms with Gasteiger partial charge < -0.3 is 10.2 Å². The van der Waals surface area contributed by atoms with Crippen molar-refractivity contribution < 1.29 is 9.59 Å². The summed E-state index contributed by atoms with van der Waals surface area (Å²) in [5.74, 6) is 0.436. The highest BCUT2D eigenvalue weighted by Gasteiger charge is 2.17. The highest BCUT2D eigenvalue weighted by Crippen LogP contribution is 2.26. The Bertz CT molecular complexity index is 1230. The molecule has 172 valence electrons. The zero-order valence-electron chi connectivity index (χ0n) is 19.4. The number of fused-ring (bicyclic) bond motifs is 2. The van der Waals surface area contributed by atoms with Gasteiger partial charge in [-0.3, -0.25) is 14.5 Å². The van der Waals surface area contributed by atoms with Gasteiger partial charge in [-0.1, -0.05) is 30.3 Å². The first-order valence-corrected chi connectivity index (χ1v) is 10.7. The Kier molecular flexibility index (Phi) is 7.51. The molecule has 2 amide bonds. The molecule has 0 fully saturated rings. The van der Waals surface area contributed by atoms with Crippen LogP contribution in [0.4, 0.5) is 5.82 Å². The zero-order chi connectivity index (χ0) is 22.8. The van der Waals surface area contributed by atoms with E-state index in [-0.39, 0.29) is 24.2 Å². The van der Waals surface area contributed by atoms with E-state index in [1.165, 1.54) is 21.9 Å². The van der Waals surface area contributed by atoms with Gasteiger partial charge in [0.05, 0.1) is 6.54 Å². The molecule has 1 aliphatic heterocycles. The summed E-state index contributed by atoms with van der Waals surface area (Å²) >= 11 is 0. The minimum absolute atomic E-state index is 0. The average Bonchev–Trinajstić information content (AvgIpc) is 2.89. The Morgan fingerprint density at radius 1 is 1.18 bits per heavy atom. The van der Waals surface area contributed by atoms with E-state index < -0.39 is 0 Å². The molecule has 1 aromatic heterocycles. The van der Waals surface area contributed by atoms with Crippen molar-refractivity contribution in [1.29, 1.82) is 0 Å². The molecule has 7 heteroatoms. The van der Waals surface area contributed by atoms with E-state index in [1.807, 2.05) is 25.1 Å². The third kappa shape index (κ3) is 5.41. The van der Waals surface area contributed by atoms with Gasteiger partial charge in [0, 0.05) is 38.0 Å². The van der Waals surface area contributed by atoms with Crippen molar-refractivity contribution in [3.8, 4) is 0 Å². The molecule has 0 spiro atoms. The normalized spacial score (nSPS) is 13.9. The lowest BCUT2D eigenvalue weighted by atomic mass is 9.96. The van der Waals surface area contributed by atoms with Crippen LogP contribution in [0.5, 0.6) is 0 Å². The molecular weight excluding hydrogens is 436 g/mol. The quantitative estimate of drug-likeness (QED) is 0.584. The number of nitrogens with one attached hydrogen (secondary N) is 1. The molecule has 4 rings (SSSR count). The van der Waals surface area contributed by atoms with Gasteiger partial charge in [-0.25, -0.2) is 4.98 Å². The fourth-order valence-electron chi connectivity index (χ4n) is 4.24. The molecule has 0 aliphatic carbocycles. The van der Waals surface area contributed by atoms with E-state index in [2.05, 4.69) is 54.5 Å². The molecule has 2 aromatic carbocycles. The fourth-order valence-corrected chi connectivity index (χ4v) is 4.24. The van der Waals surface area contributed by atoms with Crippen LogP contribution in [0.25, 0.3) is 16.8 Å². The van der Waals surface area contributed by atoms with E-state index in [0.29, 0.717) is 25.5 Å². The summed E-state index contributed by atoms with van der Waals surface area (Å²) in [6.07, 6.45) is 5.02. The molecule has 0 saturated heterocycles. The Morgan fingerprint density at radius 3 is 2.73 bits per heavy atom. The molecule has 0 saturated carbocycles. The maximum atomic E-state index is 12.8. The topological polar surface area (TPSA) is 65.5 Å². The number of pyridine rings is 1. The number of likely N-dealkylation sites (N-methyl/N-ethyl adjacent to an activating group) is 2. The summed E-state index contributed by atoms with van der Waals surface area (Å²) in [4.78, 5) is 32.6. The number of halogens is 1. The highest BCUT2D eigenvalue weighted by atomic mass is 35.5. The van der Waals surface area contributed by atoms with Crippen LogP contribution in [-0.2, 0) is 22.7 Å². The highest BCUT2D eigenvalue weighted by molar-refractivity contribution is 5.94. The van der Waals surface area contributed by atoms with Gasteiger partial charge in [0.2, 0.25) is 11.8 Å². The maximum absolute atomic E-state index is 12.8. The fraction of sp³-hybridized carbons (Fsp3) is 0.269. The van der Waals surface area contributed by atoms with Gasteiger partial charge in [-0.05, 0) is 66.1 Å². The molecular formula is C26H29ClN4O2. The first-order chi connectivity index (χ1) is 15.3. The van der Waals surface area contributed by atoms with Gasteiger partial charge >= 0.3 is 0 Å². The van der Waals surface area contributed by atoms with Crippen molar-refractivity contribution >= 4 is 46.9 Å². The number of carbonyl (C=O) groups is 2. The minimum Gasteiger partial charge on any atom is -0.338 e. The number of anilines is 1. The maximum Gasteiger partial charge on any atom is 0.246 e. The summed E-state index contributed by atoms with van der Waals surface area (Å²) in [6, 6.07) is 12.5. The van der Waals surface area contributed by atoms with E-state index in [0.717, 1.165) is 16.7 Å². The summed E-state index contributed by atoms with van der Waals surface area (Å²) in [7, 11) is 3.71. The van der Waals surface area contributed by atoms with Crippen molar-refractivity contribution in [2.45, 2.75) is 26.9 Å². The molecule has 33 heavy (non-hydrogen) atoms. The lowest BCUT2D eigenvalue weighted by Gasteiger charge is -2.18. The molecule has 3 aromatic rings.